The van der Waals surface area contributed by atoms with Crippen LogP contribution in [-0.4, -0.2) is 53.7 Å². The molecule has 1 saturated heterocycles. The first kappa shape index (κ1) is 18.6. The summed E-state index contributed by atoms with van der Waals surface area (Å²) < 4.78 is 5.54. The van der Waals surface area contributed by atoms with E-state index in [1.165, 1.54) is 16.5 Å². The van der Waals surface area contributed by atoms with Crippen molar-refractivity contribution in [2.24, 2.45) is 0 Å². The first-order chi connectivity index (χ1) is 13.7. The van der Waals surface area contributed by atoms with Crippen molar-refractivity contribution in [1.82, 2.24) is 14.8 Å². The van der Waals surface area contributed by atoms with Gasteiger partial charge in [0.2, 0.25) is 0 Å². The summed E-state index contributed by atoms with van der Waals surface area (Å²) in [5, 5.41) is 1.20. The maximum atomic E-state index is 12.4. The number of piperazine rings is 1. The van der Waals surface area contributed by atoms with Crippen molar-refractivity contribution in [3.8, 4) is 0 Å². The Hall–Kier alpha value is -2.79. The van der Waals surface area contributed by atoms with Crippen LogP contribution in [0.15, 0.2) is 60.8 Å². The van der Waals surface area contributed by atoms with Gasteiger partial charge in [-0.15, -0.1) is 0 Å². The smallest absolute Gasteiger partial charge is 0.409 e. The van der Waals surface area contributed by atoms with Gasteiger partial charge in [0.1, 0.15) is 0 Å². The van der Waals surface area contributed by atoms with E-state index in [1.54, 1.807) is 0 Å². The maximum absolute atomic E-state index is 12.4. The van der Waals surface area contributed by atoms with Crippen LogP contribution in [0.25, 0.3) is 10.9 Å². The third kappa shape index (κ3) is 4.04. The Kier molecular flexibility index (Phi) is 5.63. The number of carbonyl (C=O) groups is 1. The molecular weight excluding hydrogens is 350 g/mol. The van der Waals surface area contributed by atoms with E-state index in [2.05, 4.69) is 53.2 Å². The van der Waals surface area contributed by atoms with Gasteiger partial charge in [0.05, 0.1) is 6.61 Å². The van der Waals surface area contributed by atoms with Crippen molar-refractivity contribution in [2.45, 2.75) is 19.4 Å². The molecule has 1 fully saturated rings. The lowest BCUT2D eigenvalue weighted by molar-refractivity contribution is 0.0665. The summed E-state index contributed by atoms with van der Waals surface area (Å²) in [5.41, 5.74) is 3.62. The molecule has 2 heterocycles. The Morgan fingerprint density at radius 3 is 2.54 bits per heavy atom. The molecule has 1 aromatic heterocycles. The van der Waals surface area contributed by atoms with Gasteiger partial charge in [0, 0.05) is 55.7 Å². The van der Waals surface area contributed by atoms with Crippen molar-refractivity contribution >= 4 is 17.0 Å². The molecule has 1 unspecified atom stereocenters. The minimum Gasteiger partial charge on any atom is -0.449 e. The number of rotatable bonds is 5. The topological polar surface area (TPSA) is 48.6 Å². The predicted molar refractivity (Wildman–Crippen MR) is 111 cm³/mol. The number of para-hydroxylation sites is 1. The minimum atomic E-state index is -0.202. The molecule has 0 radical (unpaired) electrons. The van der Waals surface area contributed by atoms with Crippen LogP contribution in [0.5, 0.6) is 0 Å². The average Bonchev–Trinajstić information content (AvgIpc) is 3.17. The molecule has 0 saturated carbocycles. The lowest BCUT2D eigenvalue weighted by Gasteiger charge is -2.37. The normalized spacial score (nSPS) is 16.2. The minimum absolute atomic E-state index is 0.202. The van der Waals surface area contributed by atoms with Gasteiger partial charge in [-0.05, 0) is 24.1 Å². The van der Waals surface area contributed by atoms with E-state index in [1.807, 2.05) is 29.3 Å². The zero-order valence-electron chi connectivity index (χ0n) is 16.3. The molecule has 2 aromatic carbocycles. The number of aromatic nitrogens is 1. The lowest BCUT2D eigenvalue weighted by Crippen LogP contribution is -2.49. The van der Waals surface area contributed by atoms with Gasteiger partial charge in [0.25, 0.3) is 0 Å². The summed E-state index contributed by atoms with van der Waals surface area (Å²) in [6.07, 6.45) is 2.52. The van der Waals surface area contributed by atoms with Crippen LogP contribution in [0.4, 0.5) is 4.79 Å². The Labute approximate surface area is 165 Å². The molecule has 0 aliphatic carbocycles. The van der Waals surface area contributed by atoms with Crippen LogP contribution in [0.2, 0.25) is 0 Å². The van der Waals surface area contributed by atoms with Gasteiger partial charge in [-0.2, -0.15) is 0 Å². The van der Waals surface area contributed by atoms with Crippen molar-refractivity contribution < 1.29 is 9.53 Å². The zero-order valence-corrected chi connectivity index (χ0v) is 16.3. The van der Waals surface area contributed by atoms with Crippen LogP contribution in [-0.2, 0) is 11.2 Å². The summed E-state index contributed by atoms with van der Waals surface area (Å²) in [7, 11) is 0. The molecule has 1 N–H and O–H groups in total. The number of aromatic amines is 1. The number of benzene rings is 2. The molecule has 1 aliphatic heterocycles. The highest BCUT2D eigenvalue weighted by molar-refractivity contribution is 5.83. The van der Waals surface area contributed by atoms with Crippen molar-refractivity contribution in [3.63, 3.8) is 0 Å². The second-order valence-corrected chi connectivity index (χ2v) is 7.33. The average molecular weight is 377 g/mol. The quantitative estimate of drug-likeness (QED) is 0.724. The Bertz CT molecular complexity index is 914. The fourth-order valence-corrected chi connectivity index (χ4v) is 3.91. The number of nitrogens with zero attached hydrogens (tertiary/aromatic N) is 2. The zero-order chi connectivity index (χ0) is 19.3. The molecule has 146 valence electrons. The highest BCUT2D eigenvalue weighted by Crippen LogP contribution is 2.22. The SMILES string of the molecule is CC(c1ccccc1)N1CCN(C(=O)OCCc2c[nH]c3ccccc23)CC1. The molecule has 28 heavy (non-hydrogen) atoms. The Balaban J connectivity index is 1.24. The molecular formula is C23H27N3O2. The molecule has 5 nitrogen and oxygen atoms in total. The van der Waals surface area contributed by atoms with Gasteiger partial charge in [-0.25, -0.2) is 4.79 Å². The number of carbonyl (C=O) groups excluding carboxylic acids is 1. The third-order valence-electron chi connectivity index (χ3n) is 5.67. The molecule has 3 aromatic rings. The summed E-state index contributed by atoms with van der Waals surface area (Å²) in [4.78, 5) is 19.9. The van der Waals surface area contributed by atoms with Crippen LogP contribution >= 0.6 is 0 Å². The van der Waals surface area contributed by atoms with Gasteiger partial charge in [-0.1, -0.05) is 48.5 Å². The van der Waals surface area contributed by atoms with Crippen molar-refractivity contribution in [3.05, 3.63) is 71.9 Å². The van der Waals surface area contributed by atoms with E-state index < -0.39 is 0 Å². The third-order valence-corrected chi connectivity index (χ3v) is 5.67. The fraction of sp³-hybridized carbons (Fsp3) is 0.348. The van der Waals surface area contributed by atoms with E-state index in [0.29, 0.717) is 25.7 Å². The summed E-state index contributed by atoms with van der Waals surface area (Å²) in [5.74, 6) is 0. The second kappa shape index (κ2) is 8.48. The number of hydrogen-bond acceptors (Lipinski definition) is 3. The van der Waals surface area contributed by atoms with Gasteiger partial charge in [0.15, 0.2) is 0 Å². The van der Waals surface area contributed by atoms with Crippen LogP contribution in [0.1, 0.15) is 24.1 Å². The number of ether oxygens (including phenoxy) is 1. The first-order valence-electron chi connectivity index (χ1n) is 9.98. The lowest BCUT2D eigenvalue weighted by atomic mass is 10.1. The van der Waals surface area contributed by atoms with E-state index in [4.69, 9.17) is 4.74 Å². The largest absolute Gasteiger partial charge is 0.449 e. The van der Waals surface area contributed by atoms with Crippen molar-refractivity contribution in [2.75, 3.05) is 32.8 Å². The maximum Gasteiger partial charge on any atom is 0.409 e. The van der Waals surface area contributed by atoms with E-state index >= 15 is 0 Å². The molecule has 0 bridgehead atoms. The Morgan fingerprint density at radius 2 is 1.75 bits per heavy atom. The predicted octanol–water partition coefficient (Wildman–Crippen LogP) is 4.23. The summed E-state index contributed by atoms with van der Waals surface area (Å²) in [6, 6.07) is 19.1. The molecule has 4 rings (SSSR count). The number of nitrogens with one attached hydrogen (secondary N) is 1. The second-order valence-electron chi connectivity index (χ2n) is 7.33. The number of amides is 1. The number of fused-ring (bicyclic) bond motifs is 1. The van der Waals surface area contributed by atoms with Gasteiger partial charge in [-0.3, -0.25) is 4.90 Å². The van der Waals surface area contributed by atoms with Crippen molar-refractivity contribution in [1.29, 1.82) is 0 Å². The van der Waals surface area contributed by atoms with E-state index in [9.17, 15) is 4.79 Å². The van der Waals surface area contributed by atoms with Crippen LogP contribution in [0.3, 0.4) is 0 Å². The summed E-state index contributed by atoms with van der Waals surface area (Å²) >= 11 is 0. The monoisotopic (exact) mass is 377 g/mol. The standard InChI is InChI=1S/C23H27N3O2/c1-18(19-7-3-2-4-8-19)25-12-14-26(15-13-25)23(27)28-16-11-20-17-24-22-10-6-5-9-21(20)22/h2-10,17-18,24H,11-16H2,1H3. The molecule has 1 atom stereocenters. The first-order valence-corrected chi connectivity index (χ1v) is 9.98. The molecule has 0 spiro atoms. The fourth-order valence-electron chi connectivity index (χ4n) is 3.91. The Morgan fingerprint density at radius 1 is 1.04 bits per heavy atom. The molecule has 1 amide bonds. The van der Waals surface area contributed by atoms with Gasteiger partial charge >= 0.3 is 6.09 Å². The summed E-state index contributed by atoms with van der Waals surface area (Å²) in [6.45, 7) is 5.79. The van der Waals surface area contributed by atoms with Gasteiger partial charge < -0.3 is 14.6 Å². The van der Waals surface area contributed by atoms with Crippen LogP contribution < -0.4 is 0 Å². The van der Waals surface area contributed by atoms with E-state index in [-0.39, 0.29) is 6.09 Å². The highest BCUT2D eigenvalue weighted by atomic mass is 16.6. The number of hydrogen-bond donors (Lipinski definition) is 1. The molecule has 5 heteroatoms. The highest BCUT2D eigenvalue weighted by Gasteiger charge is 2.25. The number of H-pyrrole nitrogens is 1. The van der Waals surface area contributed by atoms with Crippen LogP contribution in [0, 0.1) is 0 Å². The van der Waals surface area contributed by atoms with E-state index in [0.717, 1.165) is 25.0 Å². The molecule has 1 aliphatic rings.